The zero-order valence-electron chi connectivity index (χ0n) is 22.0. The highest BCUT2D eigenvalue weighted by molar-refractivity contribution is 6.30. The number of hydrogen-bond acceptors (Lipinski definition) is 4. The third-order valence-corrected chi connectivity index (χ3v) is 8.18. The summed E-state index contributed by atoms with van der Waals surface area (Å²) in [4.78, 5) is 0. The van der Waals surface area contributed by atoms with Gasteiger partial charge in [0.25, 0.3) is 0 Å². The number of hydrogen-bond donors (Lipinski definition) is 2. The summed E-state index contributed by atoms with van der Waals surface area (Å²) < 4.78 is 33.2. The Bertz CT molecular complexity index is 1390. The van der Waals surface area contributed by atoms with Crippen molar-refractivity contribution in [2.24, 2.45) is 5.41 Å². The molecule has 2 heterocycles. The summed E-state index contributed by atoms with van der Waals surface area (Å²) in [6.07, 6.45) is 0.188. The molecular weight excluding hydrogens is 539 g/mol. The topological polar surface area (TPSA) is 60.4 Å². The molecule has 4 nitrogen and oxygen atoms in total. The van der Waals surface area contributed by atoms with Crippen molar-refractivity contribution in [1.29, 1.82) is 5.26 Å². The van der Waals surface area contributed by atoms with E-state index in [1.54, 1.807) is 6.07 Å². The Hall–Kier alpha value is -2.53. The molecule has 2 aliphatic rings. The average molecular weight is 571 g/mol. The van der Waals surface area contributed by atoms with E-state index >= 15 is 0 Å². The maximum Gasteiger partial charge on any atom is 0.159 e. The summed E-state index contributed by atoms with van der Waals surface area (Å²) in [6.45, 7) is 6.82. The SMILES string of the molecule is CC(C)(C)C[C@@H]1N[C@@H](C2OC2NCc2ccc(F)c(F)c2)[C@H](c2cccc(Cl)c2)[C@@]1(C#N)c1ccc(Cl)cc1. The Balaban J connectivity index is 1.52. The van der Waals surface area contributed by atoms with Gasteiger partial charge in [-0.15, -0.1) is 0 Å². The van der Waals surface area contributed by atoms with E-state index in [9.17, 15) is 14.0 Å². The number of epoxide rings is 1. The van der Waals surface area contributed by atoms with Crippen molar-refractivity contribution >= 4 is 23.2 Å². The highest BCUT2D eigenvalue weighted by Gasteiger charge is 2.63. The molecule has 0 spiro atoms. The van der Waals surface area contributed by atoms with Gasteiger partial charge in [-0.1, -0.05) is 74.3 Å². The smallest absolute Gasteiger partial charge is 0.159 e. The fourth-order valence-electron chi connectivity index (χ4n) is 5.99. The van der Waals surface area contributed by atoms with Crippen molar-refractivity contribution in [2.75, 3.05) is 0 Å². The van der Waals surface area contributed by atoms with E-state index in [0.717, 1.165) is 23.6 Å². The Kier molecular flexibility index (Phi) is 7.76. The lowest BCUT2D eigenvalue weighted by atomic mass is 9.62. The maximum atomic E-state index is 13.7. The predicted molar refractivity (Wildman–Crippen MR) is 150 cm³/mol. The van der Waals surface area contributed by atoms with Gasteiger partial charge >= 0.3 is 0 Å². The number of rotatable bonds is 7. The van der Waals surface area contributed by atoms with Crippen LogP contribution in [0.1, 0.15) is 49.8 Å². The highest BCUT2D eigenvalue weighted by Crippen LogP contribution is 2.54. The van der Waals surface area contributed by atoms with E-state index in [4.69, 9.17) is 27.9 Å². The second-order valence-electron chi connectivity index (χ2n) is 11.7. The van der Waals surface area contributed by atoms with Crippen LogP contribution in [0.4, 0.5) is 8.78 Å². The fraction of sp³-hybridized carbons (Fsp3) is 0.387. The van der Waals surface area contributed by atoms with Gasteiger partial charge in [-0.05, 0) is 64.9 Å². The maximum absolute atomic E-state index is 13.7. The number of nitrogens with zero attached hydrogens (tertiary/aromatic N) is 1. The normalized spacial score (nSPS) is 28.3. The van der Waals surface area contributed by atoms with Crippen LogP contribution < -0.4 is 10.6 Å². The van der Waals surface area contributed by atoms with Crippen LogP contribution >= 0.6 is 23.2 Å². The van der Waals surface area contributed by atoms with Gasteiger partial charge in [-0.2, -0.15) is 5.26 Å². The number of nitrogens with one attached hydrogen (secondary N) is 2. The number of halogens is 4. The first kappa shape index (κ1) is 28.0. The van der Waals surface area contributed by atoms with E-state index in [-0.39, 0.29) is 35.7 Å². The fourth-order valence-corrected chi connectivity index (χ4v) is 6.32. The summed E-state index contributed by atoms with van der Waals surface area (Å²) >= 11 is 12.7. The van der Waals surface area contributed by atoms with E-state index < -0.39 is 17.0 Å². The Morgan fingerprint density at radius 3 is 2.38 bits per heavy atom. The molecule has 0 bridgehead atoms. The largest absolute Gasteiger partial charge is 0.351 e. The molecule has 0 aromatic heterocycles. The monoisotopic (exact) mass is 569 g/mol. The molecule has 0 aliphatic carbocycles. The standard InChI is InChI=1S/C31H31Cl2F2N3O/c1-30(2,3)15-25-31(17-36,20-8-10-21(32)11-9-20)26(19-5-4-6-22(33)14-19)27(38-25)28-29(39-28)37-16-18-7-12-23(34)24(35)13-18/h4-14,25-29,37-38H,15-16H2,1-3H3/t25-,26-,27+,28?,29?,31-/m0/s1. The van der Waals surface area contributed by atoms with E-state index in [1.165, 1.54) is 6.07 Å². The van der Waals surface area contributed by atoms with Gasteiger partial charge in [0.15, 0.2) is 11.6 Å². The summed E-state index contributed by atoms with van der Waals surface area (Å²) in [5.41, 5.74) is 1.46. The molecule has 2 N–H and O–H groups in total. The van der Waals surface area contributed by atoms with Gasteiger partial charge in [-0.25, -0.2) is 8.78 Å². The van der Waals surface area contributed by atoms with Crippen molar-refractivity contribution in [3.63, 3.8) is 0 Å². The Morgan fingerprint density at radius 1 is 1.00 bits per heavy atom. The molecule has 5 rings (SSSR count). The molecule has 0 radical (unpaired) electrons. The van der Waals surface area contributed by atoms with Crippen LogP contribution in [0.5, 0.6) is 0 Å². The lowest BCUT2D eigenvalue weighted by Gasteiger charge is -2.37. The third-order valence-electron chi connectivity index (χ3n) is 7.69. The summed E-state index contributed by atoms with van der Waals surface area (Å²) in [5.74, 6) is -2.04. The van der Waals surface area contributed by atoms with Crippen LogP contribution in [-0.4, -0.2) is 24.4 Å². The average Bonchev–Trinajstić information content (AvgIpc) is 3.59. The van der Waals surface area contributed by atoms with Gasteiger partial charge in [0.2, 0.25) is 0 Å². The molecule has 3 aromatic carbocycles. The first-order valence-electron chi connectivity index (χ1n) is 13.0. The molecule has 0 amide bonds. The van der Waals surface area contributed by atoms with Crippen LogP contribution in [0.2, 0.25) is 10.0 Å². The molecule has 8 heteroatoms. The van der Waals surface area contributed by atoms with Crippen LogP contribution in [-0.2, 0) is 16.7 Å². The molecule has 2 unspecified atom stereocenters. The lowest BCUT2D eigenvalue weighted by molar-refractivity contribution is 0.280. The minimum Gasteiger partial charge on any atom is -0.351 e. The minimum absolute atomic E-state index is 0.0608. The van der Waals surface area contributed by atoms with Crippen molar-refractivity contribution < 1.29 is 13.5 Å². The molecule has 39 heavy (non-hydrogen) atoms. The predicted octanol–water partition coefficient (Wildman–Crippen LogP) is 7.11. The van der Waals surface area contributed by atoms with Crippen LogP contribution in [0, 0.1) is 28.4 Å². The summed E-state index contributed by atoms with van der Waals surface area (Å²) in [6, 6.07) is 21.4. The second-order valence-corrected chi connectivity index (χ2v) is 12.6. The third kappa shape index (κ3) is 5.70. The van der Waals surface area contributed by atoms with Gasteiger partial charge in [-0.3, -0.25) is 5.32 Å². The van der Waals surface area contributed by atoms with Crippen molar-refractivity contribution in [2.45, 2.75) is 69.5 Å². The molecule has 6 atom stereocenters. The van der Waals surface area contributed by atoms with Crippen LogP contribution in [0.3, 0.4) is 0 Å². The van der Waals surface area contributed by atoms with Gasteiger partial charge < -0.3 is 10.1 Å². The number of nitriles is 1. The molecule has 2 saturated heterocycles. The van der Waals surface area contributed by atoms with E-state index in [1.807, 2.05) is 48.5 Å². The summed E-state index contributed by atoms with van der Waals surface area (Å²) in [5, 5.41) is 19.3. The first-order chi connectivity index (χ1) is 18.5. The van der Waals surface area contributed by atoms with Gasteiger partial charge in [0.1, 0.15) is 17.7 Å². The van der Waals surface area contributed by atoms with Crippen molar-refractivity contribution in [3.05, 3.63) is 105 Å². The molecular formula is C31H31Cl2F2N3O. The van der Waals surface area contributed by atoms with Crippen LogP contribution in [0.15, 0.2) is 66.7 Å². The zero-order chi connectivity index (χ0) is 27.9. The van der Waals surface area contributed by atoms with E-state index in [0.29, 0.717) is 22.2 Å². The van der Waals surface area contributed by atoms with E-state index in [2.05, 4.69) is 37.5 Å². The van der Waals surface area contributed by atoms with Crippen molar-refractivity contribution in [3.8, 4) is 6.07 Å². The quantitative estimate of drug-likeness (QED) is 0.298. The molecule has 3 aromatic rings. The molecule has 2 aliphatic heterocycles. The van der Waals surface area contributed by atoms with Gasteiger partial charge in [0, 0.05) is 34.6 Å². The highest BCUT2D eigenvalue weighted by atomic mass is 35.5. The number of benzene rings is 3. The Labute approximate surface area is 238 Å². The van der Waals surface area contributed by atoms with Crippen LogP contribution in [0.25, 0.3) is 0 Å². The number of ether oxygens (including phenoxy) is 1. The minimum atomic E-state index is -0.927. The molecule has 2 fully saturated rings. The van der Waals surface area contributed by atoms with Gasteiger partial charge in [0.05, 0.1) is 6.07 Å². The second kappa shape index (κ2) is 10.8. The zero-order valence-corrected chi connectivity index (χ0v) is 23.5. The Morgan fingerprint density at radius 2 is 1.74 bits per heavy atom. The lowest BCUT2D eigenvalue weighted by Crippen LogP contribution is -2.44. The molecule has 204 valence electrons. The first-order valence-corrected chi connectivity index (χ1v) is 13.8. The molecule has 0 saturated carbocycles. The summed E-state index contributed by atoms with van der Waals surface area (Å²) in [7, 11) is 0. The van der Waals surface area contributed by atoms with Crippen molar-refractivity contribution in [1.82, 2.24) is 10.6 Å².